The summed E-state index contributed by atoms with van der Waals surface area (Å²) in [6.07, 6.45) is 81.9. The second kappa shape index (κ2) is 59.9. The summed E-state index contributed by atoms with van der Waals surface area (Å²) in [6.45, 7) is 4.35. The number of hydrogen-bond donors (Lipinski definition) is 3. The Balaban J connectivity index is 3.45. The zero-order valence-electron chi connectivity index (χ0n) is 46.4. The zero-order valence-corrected chi connectivity index (χ0v) is 46.4. The van der Waals surface area contributed by atoms with Crippen molar-refractivity contribution in [1.82, 2.24) is 5.32 Å². The molecule has 0 fully saturated rings. The van der Waals surface area contributed by atoms with Crippen LogP contribution in [0.15, 0.2) is 36.5 Å². The summed E-state index contributed by atoms with van der Waals surface area (Å²) in [7, 11) is 0. The highest BCUT2D eigenvalue weighted by atomic mass is 16.3. The average Bonchev–Trinajstić information content (AvgIpc) is 3.34. The molecule has 0 heterocycles. The van der Waals surface area contributed by atoms with Crippen LogP contribution in [0.5, 0.6) is 0 Å². The fourth-order valence-corrected chi connectivity index (χ4v) is 9.86. The Morgan fingerprint density at radius 3 is 0.882 bits per heavy atom. The smallest absolute Gasteiger partial charge is 0.220 e. The fraction of sp³-hybridized carbons (Fsp3) is 0.891. The van der Waals surface area contributed by atoms with E-state index in [9.17, 15) is 15.0 Å². The molecule has 2 atom stereocenters. The van der Waals surface area contributed by atoms with Crippen LogP contribution in [-0.4, -0.2) is 34.9 Å². The van der Waals surface area contributed by atoms with Gasteiger partial charge >= 0.3 is 0 Å². The van der Waals surface area contributed by atoms with E-state index >= 15 is 0 Å². The molecule has 4 heteroatoms. The van der Waals surface area contributed by atoms with Gasteiger partial charge in [0.15, 0.2) is 0 Å². The van der Waals surface area contributed by atoms with Crippen molar-refractivity contribution in [2.75, 3.05) is 6.61 Å². The Bertz CT molecular complexity index is 1040. The first-order chi connectivity index (χ1) is 33.7. The van der Waals surface area contributed by atoms with Crippen molar-refractivity contribution < 1.29 is 15.0 Å². The highest BCUT2D eigenvalue weighted by Crippen LogP contribution is 2.18. The van der Waals surface area contributed by atoms with Gasteiger partial charge in [0.25, 0.3) is 0 Å². The molecule has 0 saturated carbocycles. The van der Waals surface area contributed by atoms with Gasteiger partial charge in [0.1, 0.15) is 0 Å². The van der Waals surface area contributed by atoms with Crippen LogP contribution in [0, 0.1) is 0 Å². The van der Waals surface area contributed by atoms with Crippen molar-refractivity contribution in [3.8, 4) is 0 Å². The molecule has 0 bridgehead atoms. The summed E-state index contributed by atoms with van der Waals surface area (Å²) in [5, 5.41) is 23.2. The minimum absolute atomic E-state index is 0.0579. The molecule has 68 heavy (non-hydrogen) atoms. The number of aliphatic hydroxyl groups is 2. The number of unbranched alkanes of at least 4 members (excludes halogenated alkanes) is 47. The SMILES string of the molecule is CCCCCCCCCCC/C=C\C/C=C\CCCCCCCCCCCCCCCCCCCC(=O)NC(CO)C(O)/C=C/CCCCCCCCCCCCCCCCCCCCCCC. The molecule has 0 aliphatic heterocycles. The Kier molecular flexibility index (Phi) is 58.7. The summed E-state index contributed by atoms with van der Waals surface area (Å²) in [5.74, 6) is -0.0579. The highest BCUT2D eigenvalue weighted by Gasteiger charge is 2.18. The molecule has 0 radical (unpaired) electrons. The minimum Gasteiger partial charge on any atom is -0.394 e. The van der Waals surface area contributed by atoms with Crippen LogP contribution < -0.4 is 5.32 Å². The molecular formula is C64H123NO3. The van der Waals surface area contributed by atoms with E-state index in [1.54, 1.807) is 6.08 Å². The third kappa shape index (κ3) is 55.5. The third-order valence-electron chi connectivity index (χ3n) is 14.6. The Labute approximate surface area is 427 Å². The standard InChI is InChI=1S/C64H123NO3/c1-3-5-7-9-11-13-15-17-19-21-23-25-27-28-29-30-31-32-33-34-35-36-38-40-42-44-46-48-50-52-54-56-58-60-64(68)65-62(61-66)63(67)59-57-55-53-51-49-47-45-43-41-39-37-26-24-22-20-18-16-14-12-10-8-6-4-2/h23,25,28-29,57,59,62-63,66-67H,3-22,24,26-27,30-56,58,60-61H2,1-2H3,(H,65,68)/b25-23-,29-28-,59-57+. The van der Waals surface area contributed by atoms with E-state index in [0.29, 0.717) is 6.42 Å². The van der Waals surface area contributed by atoms with Gasteiger partial charge in [0, 0.05) is 6.42 Å². The molecule has 2 unspecified atom stereocenters. The van der Waals surface area contributed by atoms with Crippen molar-refractivity contribution in [2.24, 2.45) is 0 Å². The van der Waals surface area contributed by atoms with Gasteiger partial charge in [-0.25, -0.2) is 0 Å². The first-order valence-electron chi connectivity index (χ1n) is 31.2. The average molecular weight is 955 g/mol. The molecule has 3 N–H and O–H groups in total. The van der Waals surface area contributed by atoms with Gasteiger partial charge in [-0.2, -0.15) is 0 Å². The molecular weight excluding hydrogens is 831 g/mol. The summed E-state index contributed by atoms with van der Waals surface area (Å²) >= 11 is 0. The molecule has 0 aromatic rings. The lowest BCUT2D eigenvalue weighted by molar-refractivity contribution is -0.123. The van der Waals surface area contributed by atoms with Gasteiger partial charge in [0.2, 0.25) is 5.91 Å². The van der Waals surface area contributed by atoms with E-state index in [0.717, 1.165) is 32.1 Å². The Hall–Kier alpha value is -1.39. The molecule has 0 rings (SSSR count). The third-order valence-corrected chi connectivity index (χ3v) is 14.6. The van der Waals surface area contributed by atoms with Crippen LogP contribution in [0.2, 0.25) is 0 Å². The Morgan fingerprint density at radius 1 is 0.353 bits per heavy atom. The molecule has 0 saturated heterocycles. The van der Waals surface area contributed by atoms with Crippen molar-refractivity contribution in [3.05, 3.63) is 36.5 Å². The first kappa shape index (κ1) is 66.6. The van der Waals surface area contributed by atoms with E-state index in [1.165, 1.54) is 295 Å². The summed E-state index contributed by atoms with van der Waals surface area (Å²) in [6, 6.07) is -0.622. The van der Waals surface area contributed by atoms with Crippen LogP contribution in [0.25, 0.3) is 0 Å². The molecule has 0 aromatic carbocycles. The van der Waals surface area contributed by atoms with E-state index in [4.69, 9.17) is 0 Å². The normalized spacial score (nSPS) is 12.9. The Morgan fingerprint density at radius 2 is 0.603 bits per heavy atom. The number of carbonyl (C=O) groups excluding carboxylic acids is 1. The molecule has 402 valence electrons. The lowest BCUT2D eigenvalue weighted by Crippen LogP contribution is -2.45. The maximum Gasteiger partial charge on any atom is 0.220 e. The van der Waals surface area contributed by atoms with Crippen molar-refractivity contribution >= 4 is 5.91 Å². The fourth-order valence-electron chi connectivity index (χ4n) is 9.86. The number of allylic oxidation sites excluding steroid dienone is 5. The van der Waals surface area contributed by atoms with Crippen molar-refractivity contribution in [3.63, 3.8) is 0 Å². The molecule has 0 spiro atoms. The number of amides is 1. The lowest BCUT2D eigenvalue weighted by atomic mass is 10.0. The molecule has 0 aliphatic rings. The second-order valence-electron chi connectivity index (χ2n) is 21.5. The quantitative estimate of drug-likeness (QED) is 0.0420. The summed E-state index contributed by atoms with van der Waals surface area (Å²) in [4.78, 5) is 12.5. The van der Waals surface area contributed by atoms with Crippen LogP contribution in [0.1, 0.15) is 348 Å². The van der Waals surface area contributed by atoms with Crippen LogP contribution in [-0.2, 0) is 4.79 Å². The van der Waals surface area contributed by atoms with Crippen LogP contribution in [0.3, 0.4) is 0 Å². The van der Waals surface area contributed by atoms with Gasteiger partial charge in [-0.15, -0.1) is 0 Å². The predicted octanol–water partition coefficient (Wildman–Crippen LogP) is 20.8. The van der Waals surface area contributed by atoms with Gasteiger partial charge in [-0.1, -0.05) is 326 Å². The van der Waals surface area contributed by atoms with Crippen molar-refractivity contribution in [2.45, 2.75) is 360 Å². The maximum atomic E-state index is 12.5. The predicted molar refractivity (Wildman–Crippen MR) is 304 cm³/mol. The molecule has 4 nitrogen and oxygen atoms in total. The number of aliphatic hydroxyl groups excluding tert-OH is 2. The van der Waals surface area contributed by atoms with Crippen molar-refractivity contribution in [1.29, 1.82) is 0 Å². The van der Waals surface area contributed by atoms with Crippen LogP contribution >= 0.6 is 0 Å². The van der Waals surface area contributed by atoms with E-state index < -0.39 is 12.1 Å². The monoisotopic (exact) mass is 954 g/mol. The van der Waals surface area contributed by atoms with Gasteiger partial charge in [0.05, 0.1) is 18.8 Å². The molecule has 0 aromatic heterocycles. The number of hydrogen-bond acceptors (Lipinski definition) is 3. The lowest BCUT2D eigenvalue weighted by Gasteiger charge is -2.20. The topological polar surface area (TPSA) is 69.6 Å². The van der Waals surface area contributed by atoms with E-state index in [1.807, 2.05) is 6.08 Å². The summed E-state index contributed by atoms with van der Waals surface area (Å²) < 4.78 is 0. The molecule has 1 amide bonds. The van der Waals surface area contributed by atoms with Gasteiger partial charge < -0.3 is 15.5 Å². The van der Waals surface area contributed by atoms with E-state index in [2.05, 4.69) is 43.5 Å². The summed E-state index contributed by atoms with van der Waals surface area (Å²) in [5.41, 5.74) is 0. The maximum absolute atomic E-state index is 12.5. The van der Waals surface area contributed by atoms with Crippen LogP contribution in [0.4, 0.5) is 0 Å². The highest BCUT2D eigenvalue weighted by molar-refractivity contribution is 5.76. The molecule has 0 aliphatic carbocycles. The van der Waals surface area contributed by atoms with Gasteiger partial charge in [-0.3, -0.25) is 4.79 Å². The van der Waals surface area contributed by atoms with E-state index in [-0.39, 0.29) is 12.5 Å². The minimum atomic E-state index is -0.839. The first-order valence-corrected chi connectivity index (χ1v) is 31.2. The largest absolute Gasteiger partial charge is 0.394 e. The second-order valence-corrected chi connectivity index (χ2v) is 21.5. The zero-order chi connectivity index (χ0) is 49.2. The number of nitrogens with one attached hydrogen (secondary N) is 1. The number of rotatable bonds is 58. The number of carbonyl (C=O) groups is 1. The van der Waals surface area contributed by atoms with Gasteiger partial charge in [-0.05, 0) is 51.4 Å².